The summed E-state index contributed by atoms with van der Waals surface area (Å²) in [4.78, 5) is 11.6. The van der Waals surface area contributed by atoms with Gasteiger partial charge in [-0.05, 0) is 37.6 Å². The number of hydrogen-bond donors (Lipinski definition) is 2. The molecule has 0 radical (unpaired) electrons. The molecular weight excluding hydrogens is 319 g/mol. The standard InChI is InChI=1S/C16H16Cl2N4/c1-10-12(4-5-19-8-11-9-20-6-7-21-11)15-13(17)2-3-14(18)16(15)22-10/h2-3,6-7,9,19,22H,4-5,8H2,1H3. The van der Waals surface area contributed by atoms with Crippen LogP contribution in [-0.2, 0) is 13.0 Å². The first kappa shape index (κ1) is 15.3. The number of H-pyrrole nitrogens is 1. The van der Waals surface area contributed by atoms with Crippen molar-refractivity contribution in [3.63, 3.8) is 0 Å². The van der Waals surface area contributed by atoms with Crippen LogP contribution in [0.15, 0.2) is 30.7 Å². The molecule has 2 heterocycles. The smallest absolute Gasteiger partial charge is 0.0724 e. The first-order valence-corrected chi connectivity index (χ1v) is 7.83. The van der Waals surface area contributed by atoms with Gasteiger partial charge in [0.1, 0.15) is 0 Å². The predicted molar refractivity (Wildman–Crippen MR) is 90.5 cm³/mol. The van der Waals surface area contributed by atoms with Crippen molar-refractivity contribution in [1.82, 2.24) is 20.3 Å². The van der Waals surface area contributed by atoms with E-state index >= 15 is 0 Å². The Labute approximate surface area is 138 Å². The van der Waals surface area contributed by atoms with E-state index < -0.39 is 0 Å². The number of aryl methyl sites for hydroxylation is 1. The van der Waals surface area contributed by atoms with Crippen molar-refractivity contribution >= 4 is 34.1 Å². The van der Waals surface area contributed by atoms with Gasteiger partial charge < -0.3 is 10.3 Å². The fourth-order valence-electron chi connectivity index (χ4n) is 2.58. The highest BCUT2D eigenvalue weighted by Crippen LogP contribution is 2.33. The molecule has 0 aliphatic heterocycles. The Morgan fingerprint density at radius 1 is 1.18 bits per heavy atom. The lowest BCUT2D eigenvalue weighted by Gasteiger charge is -2.05. The van der Waals surface area contributed by atoms with Crippen molar-refractivity contribution in [2.45, 2.75) is 19.9 Å². The summed E-state index contributed by atoms with van der Waals surface area (Å²) >= 11 is 12.6. The van der Waals surface area contributed by atoms with Gasteiger partial charge in [-0.1, -0.05) is 23.2 Å². The van der Waals surface area contributed by atoms with E-state index in [1.807, 2.05) is 19.1 Å². The number of halogens is 2. The molecule has 2 aromatic heterocycles. The van der Waals surface area contributed by atoms with Crippen molar-refractivity contribution in [3.8, 4) is 0 Å². The van der Waals surface area contributed by atoms with E-state index in [9.17, 15) is 0 Å². The molecule has 3 aromatic rings. The summed E-state index contributed by atoms with van der Waals surface area (Å²) in [6, 6.07) is 3.66. The third kappa shape index (κ3) is 3.09. The third-order valence-electron chi connectivity index (χ3n) is 3.65. The van der Waals surface area contributed by atoms with Crippen LogP contribution in [-0.4, -0.2) is 21.5 Å². The summed E-state index contributed by atoms with van der Waals surface area (Å²) in [5.41, 5.74) is 4.15. The van der Waals surface area contributed by atoms with E-state index in [-0.39, 0.29) is 0 Å². The molecule has 0 spiro atoms. The number of aromatic amines is 1. The van der Waals surface area contributed by atoms with E-state index in [0.29, 0.717) is 11.6 Å². The predicted octanol–water partition coefficient (Wildman–Crippen LogP) is 3.91. The molecule has 4 nitrogen and oxygen atoms in total. The van der Waals surface area contributed by atoms with Crippen molar-refractivity contribution < 1.29 is 0 Å². The van der Waals surface area contributed by atoms with E-state index in [2.05, 4.69) is 20.3 Å². The lowest BCUT2D eigenvalue weighted by Crippen LogP contribution is -2.17. The minimum Gasteiger partial charge on any atom is -0.357 e. The van der Waals surface area contributed by atoms with Crippen LogP contribution in [0.1, 0.15) is 17.0 Å². The first-order valence-electron chi connectivity index (χ1n) is 7.07. The lowest BCUT2D eigenvalue weighted by atomic mass is 10.1. The summed E-state index contributed by atoms with van der Waals surface area (Å²) in [5.74, 6) is 0. The molecule has 22 heavy (non-hydrogen) atoms. The summed E-state index contributed by atoms with van der Waals surface area (Å²) in [6.07, 6.45) is 6.00. The molecule has 0 saturated heterocycles. The number of nitrogens with zero attached hydrogens (tertiary/aromatic N) is 2. The molecule has 114 valence electrons. The highest BCUT2D eigenvalue weighted by molar-refractivity contribution is 6.40. The van der Waals surface area contributed by atoms with Gasteiger partial charge in [0, 0.05) is 36.2 Å². The monoisotopic (exact) mass is 334 g/mol. The van der Waals surface area contributed by atoms with Gasteiger partial charge in [0.05, 0.1) is 21.3 Å². The van der Waals surface area contributed by atoms with Gasteiger partial charge in [-0.15, -0.1) is 0 Å². The van der Waals surface area contributed by atoms with E-state index in [4.69, 9.17) is 23.2 Å². The topological polar surface area (TPSA) is 53.6 Å². The molecule has 2 N–H and O–H groups in total. The van der Waals surface area contributed by atoms with Crippen LogP contribution in [0.3, 0.4) is 0 Å². The molecule has 0 saturated carbocycles. The SMILES string of the molecule is Cc1[nH]c2c(Cl)ccc(Cl)c2c1CCNCc1cnccn1. The zero-order chi connectivity index (χ0) is 15.5. The lowest BCUT2D eigenvalue weighted by molar-refractivity contribution is 0.672. The van der Waals surface area contributed by atoms with E-state index in [1.165, 1.54) is 5.56 Å². The molecule has 3 rings (SSSR count). The van der Waals surface area contributed by atoms with Gasteiger partial charge in [-0.25, -0.2) is 0 Å². The molecule has 0 fully saturated rings. The number of nitrogens with one attached hydrogen (secondary N) is 2. The Bertz CT molecular complexity index is 784. The molecule has 0 amide bonds. The molecule has 1 aromatic carbocycles. The summed E-state index contributed by atoms with van der Waals surface area (Å²) < 4.78 is 0. The maximum absolute atomic E-state index is 6.34. The van der Waals surface area contributed by atoms with Gasteiger partial charge in [0.25, 0.3) is 0 Å². The maximum atomic E-state index is 6.34. The largest absolute Gasteiger partial charge is 0.357 e. The quantitative estimate of drug-likeness (QED) is 0.695. The van der Waals surface area contributed by atoms with Crippen molar-refractivity contribution in [1.29, 1.82) is 0 Å². The van der Waals surface area contributed by atoms with Gasteiger partial charge in [-0.2, -0.15) is 0 Å². The van der Waals surface area contributed by atoms with Crippen LogP contribution < -0.4 is 5.32 Å². The number of benzene rings is 1. The number of hydrogen-bond acceptors (Lipinski definition) is 3. The Morgan fingerprint density at radius 3 is 2.77 bits per heavy atom. The van der Waals surface area contributed by atoms with Gasteiger partial charge in [0.2, 0.25) is 0 Å². The summed E-state index contributed by atoms with van der Waals surface area (Å²) in [6.45, 7) is 3.57. The summed E-state index contributed by atoms with van der Waals surface area (Å²) in [7, 11) is 0. The number of fused-ring (bicyclic) bond motifs is 1. The second-order valence-corrected chi connectivity index (χ2v) is 5.95. The highest BCUT2D eigenvalue weighted by atomic mass is 35.5. The van der Waals surface area contributed by atoms with Crippen LogP contribution in [0, 0.1) is 6.92 Å². The molecule has 0 bridgehead atoms. The van der Waals surface area contributed by atoms with Crippen LogP contribution in [0.5, 0.6) is 0 Å². The van der Waals surface area contributed by atoms with Gasteiger partial charge >= 0.3 is 0 Å². The van der Waals surface area contributed by atoms with Crippen molar-refractivity contribution in [2.75, 3.05) is 6.54 Å². The minimum absolute atomic E-state index is 0.696. The third-order valence-corrected chi connectivity index (χ3v) is 4.28. The Kier molecular flexibility index (Phi) is 4.62. The zero-order valence-electron chi connectivity index (χ0n) is 12.2. The number of aromatic nitrogens is 3. The fraction of sp³-hybridized carbons (Fsp3) is 0.250. The van der Waals surface area contributed by atoms with Crippen LogP contribution in [0.2, 0.25) is 10.0 Å². The Morgan fingerprint density at radius 2 is 2.00 bits per heavy atom. The van der Waals surface area contributed by atoms with Crippen molar-refractivity contribution in [2.24, 2.45) is 0 Å². The average Bonchev–Trinajstić information content (AvgIpc) is 2.87. The highest BCUT2D eigenvalue weighted by Gasteiger charge is 2.13. The molecule has 0 unspecified atom stereocenters. The molecule has 0 aliphatic rings. The number of rotatable bonds is 5. The normalized spacial score (nSPS) is 11.2. The molecular formula is C16H16Cl2N4. The second-order valence-electron chi connectivity index (χ2n) is 5.13. The molecule has 0 atom stereocenters. The average molecular weight is 335 g/mol. The zero-order valence-corrected chi connectivity index (χ0v) is 13.7. The van der Waals surface area contributed by atoms with Crippen LogP contribution in [0.25, 0.3) is 10.9 Å². The van der Waals surface area contributed by atoms with E-state index in [1.54, 1.807) is 18.6 Å². The van der Waals surface area contributed by atoms with Crippen LogP contribution >= 0.6 is 23.2 Å². The van der Waals surface area contributed by atoms with Crippen LogP contribution in [0.4, 0.5) is 0 Å². The first-order chi connectivity index (χ1) is 10.7. The maximum Gasteiger partial charge on any atom is 0.0724 e. The summed E-state index contributed by atoms with van der Waals surface area (Å²) in [5, 5.41) is 5.82. The second kappa shape index (κ2) is 6.65. The fourth-order valence-corrected chi connectivity index (χ4v) is 3.06. The minimum atomic E-state index is 0.696. The Hall–Kier alpha value is -1.62. The Balaban J connectivity index is 1.72. The van der Waals surface area contributed by atoms with Crippen molar-refractivity contribution in [3.05, 3.63) is 57.7 Å². The molecule has 0 aliphatic carbocycles. The van der Waals surface area contributed by atoms with Gasteiger partial charge in [-0.3, -0.25) is 9.97 Å². The van der Waals surface area contributed by atoms with Gasteiger partial charge in [0.15, 0.2) is 0 Å². The molecule has 6 heteroatoms. The van der Waals surface area contributed by atoms with E-state index in [0.717, 1.165) is 40.3 Å².